The predicted molar refractivity (Wildman–Crippen MR) is 60.8 cm³/mol. The van der Waals surface area contributed by atoms with Crippen molar-refractivity contribution in [3.63, 3.8) is 0 Å². The van der Waals surface area contributed by atoms with Crippen LogP contribution in [-0.4, -0.2) is 16.2 Å². The number of carboxylic acids is 1. The van der Waals surface area contributed by atoms with Crippen LogP contribution < -0.4 is 0 Å². The molecule has 4 heteroatoms. The van der Waals surface area contributed by atoms with E-state index in [1.165, 1.54) is 6.07 Å². The molecular formula is C12H13ClO3. The maximum Gasteiger partial charge on any atom is 0.314 e. The largest absolute Gasteiger partial charge is 0.508 e. The predicted octanol–water partition coefficient (Wildman–Crippen LogP) is 2.80. The van der Waals surface area contributed by atoms with E-state index in [4.69, 9.17) is 11.6 Å². The Hall–Kier alpha value is -1.22. The number of aromatic hydroxyl groups is 1. The molecule has 0 spiro atoms. The minimum Gasteiger partial charge on any atom is -0.508 e. The van der Waals surface area contributed by atoms with E-state index < -0.39 is 11.4 Å². The fraction of sp³-hybridized carbons (Fsp3) is 0.417. The van der Waals surface area contributed by atoms with Gasteiger partial charge in [-0.1, -0.05) is 31.5 Å². The lowest BCUT2D eigenvalue weighted by Crippen LogP contribution is -2.26. The van der Waals surface area contributed by atoms with E-state index in [1.807, 2.05) is 13.8 Å². The fourth-order valence-corrected chi connectivity index (χ4v) is 2.78. The molecule has 1 aromatic rings. The summed E-state index contributed by atoms with van der Waals surface area (Å²) in [5, 5.41) is 19.5. The lowest BCUT2D eigenvalue weighted by molar-refractivity contribution is -0.141. The first-order valence-corrected chi connectivity index (χ1v) is 5.42. The van der Waals surface area contributed by atoms with Gasteiger partial charge in [-0.05, 0) is 24.0 Å². The van der Waals surface area contributed by atoms with Gasteiger partial charge in [0.2, 0.25) is 0 Å². The Labute approximate surface area is 98.7 Å². The van der Waals surface area contributed by atoms with Gasteiger partial charge in [-0.3, -0.25) is 4.79 Å². The van der Waals surface area contributed by atoms with Crippen LogP contribution in [-0.2, 0) is 10.2 Å². The number of benzene rings is 1. The summed E-state index contributed by atoms with van der Waals surface area (Å²) < 4.78 is 0. The summed E-state index contributed by atoms with van der Waals surface area (Å²) in [5.41, 5.74) is -1.08. The molecule has 1 saturated carbocycles. The first kappa shape index (κ1) is 11.3. The van der Waals surface area contributed by atoms with Gasteiger partial charge < -0.3 is 10.2 Å². The highest BCUT2D eigenvalue weighted by Gasteiger charge is 2.69. The quantitative estimate of drug-likeness (QED) is 0.836. The second-order valence-corrected chi connectivity index (χ2v) is 5.31. The summed E-state index contributed by atoms with van der Waals surface area (Å²) in [7, 11) is 0. The first-order valence-electron chi connectivity index (χ1n) is 5.04. The van der Waals surface area contributed by atoms with E-state index >= 15 is 0 Å². The highest BCUT2D eigenvalue weighted by molar-refractivity contribution is 6.32. The lowest BCUT2D eigenvalue weighted by Gasteiger charge is -2.18. The molecule has 1 aliphatic carbocycles. The molecule has 0 bridgehead atoms. The highest BCUT2D eigenvalue weighted by atomic mass is 35.5. The van der Waals surface area contributed by atoms with Crippen molar-refractivity contribution in [2.45, 2.75) is 25.7 Å². The van der Waals surface area contributed by atoms with Crippen molar-refractivity contribution in [2.75, 3.05) is 0 Å². The van der Waals surface area contributed by atoms with E-state index in [9.17, 15) is 15.0 Å². The van der Waals surface area contributed by atoms with Gasteiger partial charge in [-0.25, -0.2) is 0 Å². The molecule has 1 aliphatic rings. The zero-order valence-electron chi connectivity index (χ0n) is 9.12. The topological polar surface area (TPSA) is 57.5 Å². The minimum absolute atomic E-state index is 0.0412. The molecule has 0 radical (unpaired) electrons. The second-order valence-electron chi connectivity index (χ2n) is 4.91. The Morgan fingerprint density at radius 2 is 2.00 bits per heavy atom. The molecule has 1 aromatic carbocycles. The number of hydrogen-bond acceptors (Lipinski definition) is 2. The summed E-state index contributed by atoms with van der Waals surface area (Å²) in [6.07, 6.45) is 0.493. The number of halogens is 1. The summed E-state index contributed by atoms with van der Waals surface area (Å²) in [6, 6.07) is 4.68. The molecule has 1 fully saturated rings. The van der Waals surface area contributed by atoms with Crippen LogP contribution in [0.3, 0.4) is 0 Å². The smallest absolute Gasteiger partial charge is 0.314 e. The Kier molecular flexibility index (Phi) is 2.21. The second kappa shape index (κ2) is 3.14. The molecule has 0 amide bonds. The van der Waals surface area contributed by atoms with Crippen molar-refractivity contribution in [3.8, 4) is 5.75 Å². The Morgan fingerprint density at radius 1 is 1.44 bits per heavy atom. The van der Waals surface area contributed by atoms with Crippen molar-refractivity contribution < 1.29 is 15.0 Å². The monoisotopic (exact) mass is 240 g/mol. The van der Waals surface area contributed by atoms with Gasteiger partial charge in [0.25, 0.3) is 0 Å². The van der Waals surface area contributed by atoms with Crippen LogP contribution in [0.1, 0.15) is 25.8 Å². The average Bonchev–Trinajstić information content (AvgIpc) is 2.70. The number of aliphatic carboxylic acids is 1. The van der Waals surface area contributed by atoms with Crippen LogP contribution in [0.15, 0.2) is 18.2 Å². The van der Waals surface area contributed by atoms with Gasteiger partial charge in [0, 0.05) is 10.6 Å². The zero-order chi connectivity index (χ0) is 12.1. The maximum absolute atomic E-state index is 11.4. The van der Waals surface area contributed by atoms with Gasteiger partial charge in [-0.15, -0.1) is 0 Å². The fourth-order valence-electron chi connectivity index (χ4n) is 2.45. The molecule has 2 rings (SSSR count). The summed E-state index contributed by atoms with van der Waals surface area (Å²) >= 11 is 6.00. The summed E-state index contributed by atoms with van der Waals surface area (Å²) in [4.78, 5) is 11.4. The number of phenolic OH excluding ortho intramolecular Hbond substituents is 1. The molecule has 2 N–H and O–H groups in total. The highest BCUT2D eigenvalue weighted by Crippen LogP contribution is 2.67. The molecule has 0 aliphatic heterocycles. The number of phenols is 1. The van der Waals surface area contributed by atoms with E-state index in [1.54, 1.807) is 12.1 Å². The molecule has 0 saturated heterocycles. The molecule has 0 aromatic heterocycles. The van der Waals surface area contributed by atoms with Crippen molar-refractivity contribution in [3.05, 3.63) is 28.8 Å². The average molecular weight is 241 g/mol. The number of carboxylic acid groups (broad SMARTS) is 1. The van der Waals surface area contributed by atoms with Crippen LogP contribution >= 0.6 is 11.6 Å². The Balaban J connectivity index is 2.64. The number of hydrogen-bond donors (Lipinski definition) is 2. The van der Waals surface area contributed by atoms with E-state index in [0.717, 1.165) is 0 Å². The molecular weight excluding hydrogens is 228 g/mol. The SMILES string of the molecule is CC1(C)CC1(C(=O)O)c1c(O)cccc1Cl. The van der Waals surface area contributed by atoms with E-state index in [0.29, 0.717) is 17.0 Å². The summed E-state index contributed by atoms with van der Waals surface area (Å²) in [6.45, 7) is 3.73. The summed E-state index contributed by atoms with van der Waals surface area (Å²) in [5.74, 6) is -0.971. The van der Waals surface area contributed by atoms with E-state index in [2.05, 4.69) is 0 Å². The van der Waals surface area contributed by atoms with Crippen molar-refractivity contribution in [2.24, 2.45) is 5.41 Å². The zero-order valence-corrected chi connectivity index (χ0v) is 9.88. The van der Waals surface area contributed by atoms with Crippen LogP contribution in [0.25, 0.3) is 0 Å². The molecule has 1 atom stereocenters. The molecule has 3 nitrogen and oxygen atoms in total. The third-order valence-corrected chi connectivity index (χ3v) is 3.84. The first-order chi connectivity index (χ1) is 7.33. The molecule has 0 heterocycles. The van der Waals surface area contributed by atoms with E-state index in [-0.39, 0.29) is 11.2 Å². The standard InChI is InChI=1S/C12H13ClO3/c1-11(2)6-12(11,10(15)16)9-7(13)4-3-5-8(9)14/h3-5,14H,6H2,1-2H3,(H,15,16). The number of carbonyl (C=O) groups is 1. The van der Waals surface area contributed by atoms with Gasteiger partial charge in [0.1, 0.15) is 11.2 Å². The van der Waals surface area contributed by atoms with Gasteiger partial charge >= 0.3 is 5.97 Å². The van der Waals surface area contributed by atoms with Crippen molar-refractivity contribution >= 4 is 17.6 Å². The van der Waals surface area contributed by atoms with Crippen LogP contribution in [0.2, 0.25) is 5.02 Å². The third kappa shape index (κ3) is 1.24. The van der Waals surface area contributed by atoms with Gasteiger partial charge in [-0.2, -0.15) is 0 Å². The maximum atomic E-state index is 11.4. The van der Waals surface area contributed by atoms with Gasteiger partial charge in [0.15, 0.2) is 0 Å². The molecule has 1 unspecified atom stereocenters. The molecule has 86 valence electrons. The Morgan fingerprint density at radius 3 is 2.38 bits per heavy atom. The normalized spacial score (nSPS) is 26.4. The molecule has 16 heavy (non-hydrogen) atoms. The Bertz CT molecular complexity index is 447. The van der Waals surface area contributed by atoms with Crippen molar-refractivity contribution in [1.82, 2.24) is 0 Å². The van der Waals surface area contributed by atoms with Crippen molar-refractivity contribution in [1.29, 1.82) is 0 Å². The third-order valence-electron chi connectivity index (χ3n) is 3.52. The van der Waals surface area contributed by atoms with Gasteiger partial charge in [0.05, 0.1) is 0 Å². The van der Waals surface area contributed by atoms with Crippen LogP contribution in [0, 0.1) is 5.41 Å². The van der Waals surface area contributed by atoms with Crippen LogP contribution in [0.4, 0.5) is 0 Å². The minimum atomic E-state index is -1.05. The van der Waals surface area contributed by atoms with Crippen LogP contribution in [0.5, 0.6) is 5.75 Å². The lowest BCUT2D eigenvalue weighted by atomic mass is 9.87. The number of rotatable bonds is 2.